The molecule has 13 rings (SSSR count). The highest BCUT2D eigenvalue weighted by molar-refractivity contribution is 7.93. The number of rotatable bonds is 35. The number of carbonyl (C=O) groups is 4. The Kier molecular flexibility index (Phi) is 35.7. The molecule has 0 bridgehead atoms. The van der Waals surface area contributed by atoms with Crippen LogP contribution in [0.2, 0.25) is 15.1 Å². The quantitative estimate of drug-likeness (QED) is 0.0135. The first kappa shape index (κ1) is 112. The molecule has 4 fully saturated rings. The summed E-state index contributed by atoms with van der Waals surface area (Å²) in [6.07, 6.45) is -5.55. The highest BCUT2D eigenvalue weighted by atomic mass is 35.5. The van der Waals surface area contributed by atoms with E-state index < -0.39 is 232 Å². The van der Waals surface area contributed by atoms with Crippen molar-refractivity contribution in [3.8, 4) is 59.4 Å². The number of carbonyl (C=O) groups excluding carboxylic acids is 4. The van der Waals surface area contributed by atoms with E-state index in [-0.39, 0.29) is 46.6 Å². The minimum Gasteiger partial charge on any atom is -0.405 e. The lowest BCUT2D eigenvalue weighted by atomic mass is 10.0. The Labute approximate surface area is 820 Å². The van der Waals surface area contributed by atoms with Crippen LogP contribution in [0.1, 0.15) is 109 Å². The number of hydrogen-bond acceptors (Lipinski definition) is 21. The van der Waals surface area contributed by atoms with Crippen molar-refractivity contribution in [3.63, 3.8) is 0 Å². The van der Waals surface area contributed by atoms with Crippen molar-refractivity contribution in [2.24, 2.45) is 0 Å². The van der Waals surface area contributed by atoms with Gasteiger partial charge in [0.1, 0.15) is 98.7 Å². The second-order valence-electron chi connectivity index (χ2n) is 33.0. The molecule has 4 aliphatic rings. The smallest absolute Gasteiger partial charge is 0.405 e. The summed E-state index contributed by atoms with van der Waals surface area (Å²) in [7, 11) is -17.4. The number of aryl methyl sites for hydroxylation is 1. The number of nitriles is 1. The Morgan fingerprint density at radius 2 is 0.739 bits per heavy atom. The molecule has 4 amide bonds. The van der Waals surface area contributed by atoms with E-state index in [0.29, 0.717) is 73.8 Å². The second-order valence-corrected chi connectivity index (χ2v) is 43.5. The van der Waals surface area contributed by atoms with Crippen molar-refractivity contribution in [1.29, 1.82) is 5.26 Å². The van der Waals surface area contributed by atoms with Crippen molar-refractivity contribution < 1.29 is 137 Å². The van der Waals surface area contributed by atoms with Crippen molar-refractivity contribution in [2.45, 2.75) is 180 Å². The number of aromatic nitrogens is 2. The number of para-hydroxylation sites is 1. The van der Waals surface area contributed by atoms with Crippen molar-refractivity contribution >= 4 is 109 Å². The largest absolute Gasteiger partial charge is 0.573 e. The van der Waals surface area contributed by atoms with Gasteiger partial charge in [0, 0.05) is 16.1 Å². The van der Waals surface area contributed by atoms with Crippen LogP contribution in [0.25, 0.3) is 10.6 Å². The third-order valence-electron chi connectivity index (χ3n) is 21.9. The van der Waals surface area contributed by atoms with E-state index >= 15 is 0 Å². The Balaban J connectivity index is 0.000000195. The maximum atomic E-state index is 14.0. The van der Waals surface area contributed by atoms with E-state index in [0.717, 1.165) is 97.1 Å². The molecule has 24 nitrogen and oxygen atoms in total. The number of halogens is 21. The number of terminal acetylenes is 3. The molecule has 1 aromatic heterocycles. The third-order valence-corrected chi connectivity index (χ3v) is 31.3. The van der Waals surface area contributed by atoms with Crippen LogP contribution in [0.4, 0.5) is 79.0 Å². The molecule has 758 valence electrons. The highest BCUT2D eigenvalue weighted by Crippen LogP contribution is 2.43. The zero-order valence-electron chi connectivity index (χ0n) is 73.1. The number of amides is 4. The van der Waals surface area contributed by atoms with Gasteiger partial charge in [-0.25, -0.2) is 46.8 Å². The van der Waals surface area contributed by atoms with Crippen LogP contribution in [0.15, 0.2) is 208 Å². The van der Waals surface area contributed by atoms with Crippen molar-refractivity contribution in [3.05, 3.63) is 260 Å². The fourth-order valence-electron chi connectivity index (χ4n) is 13.5. The lowest BCUT2D eigenvalue weighted by Crippen LogP contribution is -2.54. The predicted molar refractivity (Wildman–Crippen MR) is 486 cm³/mol. The molecule has 0 aliphatic heterocycles. The van der Waals surface area contributed by atoms with Gasteiger partial charge in [-0.1, -0.05) is 173 Å². The van der Waals surface area contributed by atoms with Gasteiger partial charge in [0.25, 0.3) is 0 Å². The van der Waals surface area contributed by atoms with Gasteiger partial charge >= 0.3 is 31.1 Å². The minimum absolute atomic E-state index is 0.0478. The number of sulfone groups is 4. The van der Waals surface area contributed by atoms with E-state index in [4.69, 9.17) is 54.1 Å². The monoisotopic (exact) mass is 2150 g/mol. The van der Waals surface area contributed by atoms with Crippen LogP contribution in [0.3, 0.4) is 0 Å². The van der Waals surface area contributed by atoms with Crippen LogP contribution < -0.4 is 47.3 Å². The highest BCUT2D eigenvalue weighted by Gasteiger charge is 2.54. The average molecular weight is 2160 g/mol. The first-order valence-corrected chi connectivity index (χ1v) is 50.4. The molecule has 1 heterocycles. The van der Waals surface area contributed by atoms with Gasteiger partial charge in [-0.15, -0.1) is 42.6 Å². The van der Waals surface area contributed by atoms with Crippen LogP contribution in [0.5, 0.6) is 5.75 Å². The van der Waals surface area contributed by atoms with Gasteiger partial charge < -0.3 is 26.0 Å². The molecule has 0 spiro atoms. The number of ether oxygens (including phenoxy) is 1. The topological polar surface area (TPSA) is 360 Å². The third kappa shape index (κ3) is 31.7. The maximum absolute atomic E-state index is 14.0. The standard InChI is InChI=1S/C24H22F6N2O4S.C24H19F5N4O3S2.C22H19Cl2F3N2O3S.C22H20ClF4N3O3S/c1-2-22(12-13-22)32-21(33)18(31-20(23(25,26)27)16-8-4-3-5-9-16)15-37(34,35)14-17-10-6-7-11-19(17)36-24(28,29)30;1-2-23(11-12-23)31-20(34)18(30-19(24(27,28)29)14-3-7-16(25)8-4-14)13-38(35,36)22-33-32-21(37-22)15-5-9-17(26)10-6-15;1-2-21(10-11-21)29-20(30)18(13-33(31,32)15-8-9-16(23)17(24)12-15)28-19(22(25,26)27)14-6-4-3-5-7-14;1-13-2-7-16(10-17(13)23)34(32,33)11-18(20(31)30-21(12-28)8-9-21)29-19(22(25,26)27)14-3-5-15(24)6-4-14/h1,3-11,18,20,31H,12-15H2,(H,32,33);1,3-10,18-19,30H,11-13H2,(H,31,34);1,3-9,12,18-19,28H,10-11,13H2,(H,29,30);2-7,10,18-19,29H,8-9,11H2,1H3,(H,30,31)/t18-,20-;3*18-,19-/m0000/s1. The number of nitrogens with zero attached hydrogens (tertiary/aromatic N) is 3. The van der Waals surface area contributed by atoms with Gasteiger partial charge in [-0.3, -0.25) is 40.4 Å². The predicted octanol–water partition coefficient (Wildman–Crippen LogP) is 16.2. The molecule has 9 aromatic rings. The molecule has 0 unspecified atom stereocenters. The lowest BCUT2D eigenvalue weighted by molar-refractivity contribution is -0.274. The summed E-state index contributed by atoms with van der Waals surface area (Å²) in [4.78, 5) is 51.3. The summed E-state index contributed by atoms with van der Waals surface area (Å²) in [6, 6.07) is 21.6. The van der Waals surface area contributed by atoms with Crippen LogP contribution in [-0.2, 0) is 64.3 Å². The Bertz CT molecular complexity index is 6720. The molecule has 50 heteroatoms. The first-order chi connectivity index (χ1) is 66.1. The Morgan fingerprint density at radius 1 is 0.415 bits per heavy atom. The minimum atomic E-state index is -5.10. The van der Waals surface area contributed by atoms with Crippen LogP contribution in [0, 0.1) is 72.7 Å². The Hall–Kier alpha value is -11.6. The number of alkyl halides is 15. The molecule has 8 aromatic carbocycles. The van der Waals surface area contributed by atoms with E-state index in [1.54, 1.807) is 13.0 Å². The van der Waals surface area contributed by atoms with Gasteiger partial charge in [0.15, 0.2) is 29.5 Å². The van der Waals surface area contributed by atoms with Gasteiger partial charge in [-0.2, -0.15) is 57.9 Å². The molecule has 8 atom stereocenters. The summed E-state index contributed by atoms with van der Waals surface area (Å²) in [5, 5.41) is 35.1. The molecule has 8 N–H and O–H groups in total. The van der Waals surface area contributed by atoms with Crippen molar-refractivity contribution in [2.75, 3.05) is 23.0 Å². The summed E-state index contributed by atoms with van der Waals surface area (Å²) in [5.41, 5.74) is -5.08. The fraction of sp³-hybridized carbons (Fsp3) is 0.337. The van der Waals surface area contributed by atoms with E-state index in [2.05, 4.69) is 75.2 Å². The second kappa shape index (κ2) is 45.2. The zero-order chi connectivity index (χ0) is 105. The fourth-order valence-corrected chi connectivity index (χ4v) is 21.1. The van der Waals surface area contributed by atoms with Crippen LogP contribution in [-0.4, -0.2) is 168 Å². The molecule has 4 aliphatic carbocycles. The molecule has 0 radical (unpaired) electrons. The van der Waals surface area contributed by atoms with E-state index in [1.165, 1.54) is 91.0 Å². The summed E-state index contributed by atoms with van der Waals surface area (Å²) < 4.78 is 353. The normalized spacial score (nSPS) is 16.7. The summed E-state index contributed by atoms with van der Waals surface area (Å²) in [5.74, 6) is -5.18. The lowest BCUT2D eigenvalue weighted by Gasteiger charge is -2.28. The van der Waals surface area contributed by atoms with E-state index in [9.17, 15) is 137 Å². The SMILES string of the molecule is C#CC1(NC(=O)[C@H](CS(=O)(=O)Cc2ccccc2OC(F)(F)F)N[C@@H](c2ccccc2)C(F)(F)F)CC1.C#CC1(NC(=O)[C@H](CS(=O)(=O)c2ccc(Cl)c(Cl)c2)N[C@@H](c2ccccc2)C(F)(F)F)CC1.C#CC1(NC(=O)[C@H](CS(=O)(=O)c2nnc(-c3ccc(F)cc3)s2)N[C@@H](c2ccc(F)cc2)C(F)(F)F)CC1.Cc1ccc(S(=O)(=O)C[C@H](N[C@@H](c2ccc(F)cc2)C(F)(F)F)C(=O)NC2(C#N)CC2)cc1Cl. The van der Waals surface area contributed by atoms with Gasteiger partial charge in [-0.05, 0) is 171 Å². The van der Waals surface area contributed by atoms with E-state index in [1.807, 2.05) is 6.07 Å². The molecule has 0 saturated heterocycles. The molecule has 142 heavy (non-hydrogen) atoms. The zero-order valence-corrected chi connectivity index (χ0v) is 79.5. The van der Waals surface area contributed by atoms with Crippen molar-refractivity contribution in [1.82, 2.24) is 52.7 Å². The molecule has 4 saturated carbocycles. The number of nitrogens with one attached hydrogen (secondary N) is 8. The Morgan fingerprint density at radius 3 is 1.08 bits per heavy atom. The van der Waals surface area contributed by atoms with Crippen LogP contribution >= 0.6 is 46.1 Å². The first-order valence-electron chi connectivity index (χ1n) is 41.7. The maximum Gasteiger partial charge on any atom is 0.573 e. The van der Waals surface area contributed by atoms with Gasteiger partial charge in [0.2, 0.25) is 37.8 Å². The number of hydrogen-bond donors (Lipinski definition) is 8. The molecular formula is C92H80Cl3F18N11O13S5. The summed E-state index contributed by atoms with van der Waals surface area (Å²) in [6.45, 7) is 1.64. The average Bonchev–Trinajstić information content (AvgIpc) is 1.62. The molecular weight excluding hydrogens is 2080 g/mol. The van der Waals surface area contributed by atoms with Gasteiger partial charge in [0.05, 0.1) is 54.7 Å². The number of benzene rings is 8. The summed E-state index contributed by atoms with van der Waals surface area (Å²) >= 11 is 18.3.